The van der Waals surface area contributed by atoms with E-state index in [9.17, 15) is 0 Å². The molecule has 0 amide bonds. The standard InChI is InChI=1S/C14H27NO3/c1-15-12-9-13(14(12)17-8-7-16-2)18-10-11-5-3-4-6-11/h11-15H,3-10H2,1-2H3. The van der Waals surface area contributed by atoms with E-state index in [0.717, 1.165) is 18.9 Å². The van der Waals surface area contributed by atoms with E-state index in [-0.39, 0.29) is 12.2 Å². The first kappa shape index (κ1) is 14.3. The van der Waals surface area contributed by atoms with Crippen molar-refractivity contribution in [3.8, 4) is 0 Å². The van der Waals surface area contributed by atoms with Gasteiger partial charge in [0.2, 0.25) is 0 Å². The van der Waals surface area contributed by atoms with Crippen molar-refractivity contribution in [3.63, 3.8) is 0 Å². The fraction of sp³-hybridized carbons (Fsp3) is 1.00. The molecule has 0 aromatic carbocycles. The topological polar surface area (TPSA) is 39.7 Å². The average Bonchev–Trinajstić information content (AvgIpc) is 2.86. The van der Waals surface area contributed by atoms with Crippen LogP contribution in [0.3, 0.4) is 0 Å². The zero-order valence-corrected chi connectivity index (χ0v) is 11.7. The molecule has 2 fully saturated rings. The van der Waals surface area contributed by atoms with Crippen molar-refractivity contribution in [2.24, 2.45) is 5.92 Å². The molecular formula is C14H27NO3. The van der Waals surface area contributed by atoms with Gasteiger partial charge in [-0.05, 0) is 32.2 Å². The van der Waals surface area contributed by atoms with Gasteiger partial charge in [-0.2, -0.15) is 0 Å². The van der Waals surface area contributed by atoms with Crippen LogP contribution in [0.25, 0.3) is 0 Å². The minimum atomic E-state index is 0.201. The zero-order chi connectivity index (χ0) is 12.8. The average molecular weight is 257 g/mol. The predicted octanol–water partition coefficient (Wildman–Crippen LogP) is 1.59. The first-order valence-corrected chi connectivity index (χ1v) is 7.24. The summed E-state index contributed by atoms with van der Waals surface area (Å²) in [6.07, 6.45) is 7.00. The molecule has 2 aliphatic carbocycles. The van der Waals surface area contributed by atoms with Gasteiger partial charge >= 0.3 is 0 Å². The second kappa shape index (κ2) is 7.43. The van der Waals surface area contributed by atoms with Crippen LogP contribution in [0.15, 0.2) is 0 Å². The number of hydrogen-bond acceptors (Lipinski definition) is 4. The van der Waals surface area contributed by atoms with Crippen molar-refractivity contribution in [2.75, 3.05) is 34.0 Å². The van der Waals surface area contributed by atoms with Crippen LogP contribution in [-0.2, 0) is 14.2 Å². The van der Waals surface area contributed by atoms with E-state index in [1.165, 1.54) is 25.7 Å². The SMILES string of the molecule is CNC1CC(OCC2CCCC2)C1OCCOC. The summed E-state index contributed by atoms with van der Waals surface area (Å²) in [5, 5.41) is 3.29. The number of nitrogens with one attached hydrogen (secondary N) is 1. The molecule has 2 saturated carbocycles. The Kier molecular flexibility index (Phi) is 5.89. The molecule has 0 aliphatic heterocycles. The molecule has 0 aromatic heterocycles. The molecule has 0 bridgehead atoms. The number of hydrogen-bond donors (Lipinski definition) is 1. The number of likely N-dealkylation sites (N-methyl/N-ethyl adjacent to an activating group) is 1. The summed E-state index contributed by atoms with van der Waals surface area (Å²) >= 11 is 0. The predicted molar refractivity (Wildman–Crippen MR) is 70.8 cm³/mol. The zero-order valence-electron chi connectivity index (χ0n) is 11.7. The third kappa shape index (κ3) is 3.67. The molecule has 0 spiro atoms. The van der Waals surface area contributed by atoms with Crippen LogP contribution in [-0.4, -0.2) is 52.2 Å². The van der Waals surface area contributed by atoms with E-state index in [4.69, 9.17) is 14.2 Å². The van der Waals surface area contributed by atoms with Crippen molar-refractivity contribution < 1.29 is 14.2 Å². The highest BCUT2D eigenvalue weighted by Crippen LogP contribution is 2.30. The van der Waals surface area contributed by atoms with Crippen molar-refractivity contribution in [2.45, 2.75) is 50.4 Å². The molecule has 3 atom stereocenters. The Hall–Kier alpha value is -0.160. The molecule has 4 nitrogen and oxygen atoms in total. The Morgan fingerprint density at radius 1 is 1.11 bits per heavy atom. The first-order valence-electron chi connectivity index (χ1n) is 7.24. The Labute approximate surface area is 110 Å². The van der Waals surface area contributed by atoms with Gasteiger partial charge in [0.05, 0.1) is 25.4 Å². The molecule has 0 radical (unpaired) electrons. The normalized spacial score (nSPS) is 32.7. The van der Waals surface area contributed by atoms with Crippen molar-refractivity contribution >= 4 is 0 Å². The maximum atomic E-state index is 6.03. The third-order valence-corrected chi connectivity index (χ3v) is 4.24. The minimum Gasteiger partial charge on any atom is -0.382 e. The van der Waals surface area contributed by atoms with Crippen LogP contribution < -0.4 is 5.32 Å². The summed E-state index contributed by atoms with van der Waals surface area (Å²) in [5.74, 6) is 0.790. The summed E-state index contributed by atoms with van der Waals surface area (Å²) in [5.41, 5.74) is 0. The van der Waals surface area contributed by atoms with Crippen LogP contribution in [0.2, 0.25) is 0 Å². The third-order valence-electron chi connectivity index (χ3n) is 4.24. The molecule has 106 valence electrons. The van der Waals surface area contributed by atoms with Gasteiger partial charge in [-0.1, -0.05) is 12.8 Å². The van der Waals surface area contributed by atoms with Crippen molar-refractivity contribution in [3.05, 3.63) is 0 Å². The monoisotopic (exact) mass is 257 g/mol. The smallest absolute Gasteiger partial charge is 0.0991 e. The maximum Gasteiger partial charge on any atom is 0.0991 e. The number of ether oxygens (including phenoxy) is 3. The van der Waals surface area contributed by atoms with E-state index in [0.29, 0.717) is 19.3 Å². The lowest BCUT2D eigenvalue weighted by Crippen LogP contribution is -2.59. The minimum absolute atomic E-state index is 0.201. The van der Waals surface area contributed by atoms with Crippen molar-refractivity contribution in [1.29, 1.82) is 0 Å². The number of rotatable bonds is 8. The van der Waals surface area contributed by atoms with E-state index in [2.05, 4.69) is 5.32 Å². The molecule has 2 aliphatic rings. The fourth-order valence-corrected chi connectivity index (χ4v) is 2.95. The molecule has 4 heteroatoms. The highest BCUT2D eigenvalue weighted by Gasteiger charge is 2.42. The first-order chi connectivity index (χ1) is 8.85. The Morgan fingerprint density at radius 2 is 1.89 bits per heavy atom. The maximum absolute atomic E-state index is 6.03. The molecule has 0 heterocycles. The largest absolute Gasteiger partial charge is 0.382 e. The van der Waals surface area contributed by atoms with E-state index in [1.807, 2.05) is 7.05 Å². The van der Waals surface area contributed by atoms with Gasteiger partial charge in [0.15, 0.2) is 0 Å². The van der Waals surface area contributed by atoms with Gasteiger partial charge in [0.1, 0.15) is 0 Å². The van der Waals surface area contributed by atoms with E-state index < -0.39 is 0 Å². The summed E-state index contributed by atoms with van der Waals surface area (Å²) in [6.45, 7) is 2.23. The Bertz CT molecular complexity index is 231. The quantitative estimate of drug-likeness (QED) is 0.670. The summed E-state index contributed by atoms with van der Waals surface area (Å²) in [4.78, 5) is 0. The summed E-state index contributed by atoms with van der Waals surface area (Å²) < 4.78 is 16.9. The summed E-state index contributed by atoms with van der Waals surface area (Å²) in [7, 11) is 3.69. The van der Waals surface area contributed by atoms with Gasteiger partial charge in [0, 0.05) is 19.8 Å². The summed E-state index contributed by atoms with van der Waals surface area (Å²) in [6, 6.07) is 0.440. The van der Waals surface area contributed by atoms with Gasteiger partial charge in [-0.15, -0.1) is 0 Å². The van der Waals surface area contributed by atoms with Crippen molar-refractivity contribution in [1.82, 2.24) is 5.32 Å². The molecule has 18 heavy (non-hydrogen) atoms. The molecular weight excluding hydrogens is 230 g/mol. The van der Waals surface area contributed by atoms with Gasteiger partial charge in [-0.25, -0.2) is 0 Å². The second-order valence-corrected chi connectivity index (χ2v) is 5.48. The molecule has 0 saturated heterocycles. The molecule has 1 N–H and O–H groups in total. The highest BCUT2D eigenvalue weighted by atomic mass is 16.6. The van der Waals surface area contributed by atoms with Gasteiger partial charge in [-0.3, -0.25) is 0 Å². The molecule has 2 rings (SSSR count). The van der Waals surface area contributed by atoms with Crippen LogP contribution in [0.4, 0.5) is 0 Å². The van der Waals surface area contributed by atoms with Crippen LogP contribution in [0.1, 0.15) is 32.1 Å². The van der Waals surface area contributed by atoms with E-state index >= 15 is 0 Å². The van der Waals surface area contributed by atoms with Gasteiger partial charge < -0.3 is 19.5 Å². The van der Waals surface area contributed by atoms with E-state index in [1.54, 1.807) is 7.11 Å². The molecule has 3 unspecified atom stereocenters. The Balaban J connectivity index is 1.66. The lowest BCUT2D eigenvalue weighted by atomic mass is 9.85. The van der Waals surface area contributed by atoms with Gasteiger partial charge in [0.25, 0.3) is 0 Å². The molecule has 0 aromatic rings. The highest BCUT2D eigenvalue weighted by molar-refractivity contribution is 4.96. The lowest BCUT2D eigenvalue weighted by Gasteiger charge is -2.44. The lowest BCUT2D eigenvalue weighted by molar-refractivity contribution is -0.155. The van der Waals surface area contributed by atoms with Crippen LogP contribution in [0, 0.1) is 5.92 Å². The van der Waals surface area contributed by atoms with Crippen LogP contribution >= 0.6 is 0 Å². The van der Waals surface area contributed by atoms with Crippen LogP contribution in [0.5, 0.6) is 0 Å². The number of methoxy groups -OCH3 is 1. The Morgan fingerprint density at radius 3 is 2.56 bits per heavy atom. The fourth-order valence-electron chi connectivity index (χ4n) is 2.95. The second-order valence-electron chi connectivity index (χ2n) is 5.48.